The Hall–Kier alpha value is -1.97. The van der Waals surface area contributed by atoms with Crippen molar-refractivity contribution in [1.82, 2.24) is 4.57 Å². The number of aromatic nitrogens is 1. The number of methoxy groups -OCH3 is 1. The number of nitrogens with zero attached hydrogens (tertiary/aromatic N) is 1. The first kappa shape index (κ1) is 11.5. The third-order valence-electron chi connectivity index (χ3n) is 3.23. The Bertz CT molecular complexity index is 611. The number of ether oxygens (including phenoxy) is 1. The molecule has 2 rings (SSSR count). The Morgan fingerprint density at radius 1 is 1.35 bits per heavy atom. The summed E-state index contributed by atoms with van der Waals surface area (Å²) in [5, 5.41) is 10.00. The highest BCUT2D eigenvalue weighted by atomic mass is 16.5. The highest BCUT2D eigenvalue weighted by Crippen LogP contribution is 2.34. The van der Waals surface area contributed by atoms with E-state index in [1.165, 1.54) is 0 Å². The number of aromatic carboxylic acids is 1. The van der Waals surface area contributed by atoms with Crippen molar-refractivity contribution in [3.05, 3.63) is 29.0 Å². The molecule has 1 N–H and O–H groups in total. The molecule has 4 heteroatoms. The summed E-state index contributed by atoms with van der Waals surface area (Å²) in [6.45, 7) is 3.77. The van der Waals surface area contributed by atoms with E-state index in [1.54, 1.807) is 7.11 Å². The number of hydrogen-bond donors (Lipinski definition) is 1. The molecule has 0 unspecified atom stereocenters. The topological polar surface area (TPSA) is 51.5 Å². The summed E-state index contributed by atoms with van der Waals surface area (Å²) in [5.74, 6) is -0.316. The van der Waals surface area contributed by atoms with Gasteiger partial charge in [-0.25, -0.2) is 4.79 Å². The van der Waals surface area contributed by atoms with Gasteiger partial charge in [0.1, 0.15) is 5.75 Å². The van der Waals surface area contributed by atoms with Crippen molar-refractivity contribution in [1.29, 1.82) is 0 Å². The summed E-state index contributed by atoms with van der Waals surface area (Å²) in [6, 6.07) is 3.75. The van der Waals surface area contributed by atoms with E-state index < -0.39 is 5.97 Å². The summed E-state index contributed by atoms with van der Waals surface area (Å²) in [5.41, 5.74) is 3.02. The number of carboxylic acid groups (broad SMARTS) is 1. The van der Waals surface area contributed by atoms with Crippen LogP contribution in [-0.4, -0.2) is 22.8 Å². The van der Waals surface area contributed by atoms with Crippen LogP contribution in [-0.2, 0) is 7.05 Å². The lowest BCUT2D eigenvalue weighted by Gasteiger charge is -2.06. The van der Waals surface area contributed by atoms with Crippen molar-refractivity contribution >= 4 is 16.9 Å². The predicted octanol–water partition coefficient (Wildman–Crippen LogP) is 2.50. The molecule has 17 heavy (non-hydrogen) atoms. The van der Waals surface area contributed by atoms with Crippen LogP contribution in [0.3, 0.4) is 0 Å². The van der Waals surface area contributed by atoms with Gasteiger partial charge >= 0.3 is 5.97 Å². The van der Waals surface area contributed by atoms with Gasteiger partial charge in [0.2, 0.25) is 0 Å². The number of carbonyl (C=O) groups is 1. The van der Waals surface area contributed by atoms with E-state index in [4.69, 9.17) is 4.74 Å². The van der Waals surface area contributed by atoms with E-state index >= 15 is 0 Å². The Labute approximate surface area is 99.4 Å². The third-order valence-corrected chi connectivity index (χ3v) is 3.23. The monoisotopic (exact) mass is 233 g/mol. The third kappa shape index (κ3) is 1.48. The maximum atomic E-state index is 11.4. The zero-order valence-electron chi connectivity index (χ0n) is 10.4. The molecule has 90 valence electrons. The summed E-state index contributed by atoms with van der Waals surface area (Å²) < 4.78 is 7.16. The van der Waals surface area contributed by atoms with Gasteiger partial charge < -0.3 is 14.4 Å². The van der Waals surface area contributed by atoms with Gasteiger partial charge in [0.25, 0.3) is 0 Å². The van der Waals surface area contributed by atoms with E-state index in [2.05, 4.69) is 0 Å². The average Bonchev–Trinajstić information content (AvgIpc) is 2.54. The van der Waals surface area contributed by atoms with Crippen LogP contribution in [0, 0.1) is 13.8 Å². The summed E-state index contributed by atoms with van der Waals surface area (Å²) >= 11 is 0. The van der Waals surface area contributed by atoms with E-state index in [9.17, 15) is 9.90 Å². The van der Waals surface area contributed by atoms with Gasteiger partial charge in [-0.2, -0.15) is 0 Å². The van der Waals surface area contributed by atoms with Gasteiger partial charge in [0, 0.05) is 12.7 Å². The Balaban J connectivity index is 3.04. The van der Waals surface area contributed by atoms with Crippen LogP contribution in [0.25, 0.3) is 10.9 Å². The fraction of sp³-hybridized carbons (Fsp3) is 0.308. The first-order chi connectivity index (χ1) is 7.99. The molecule has 0 atom stereocenters. The fourth-order valence-corrected chi connectivity index (χ4v) is 2.30. The summed E-state index contributed by atoms with van der Waals surface area (Å²) in [4.78, 5) is 11.4. The lowest BCUT2D eigenvalue weighted by atomic mass is 10.1. The molecule has 0 saturated carbocycles. The van der Waals surface area contributed by atoms with Crippen LogP contribution in [0.15, 0.2) is 12.1 Å². The van der Waals surface area contributed by atoms with Crippen molar-refractivity contribution < 1.29 is 14.6 Å². The first-order valence-electron chi connectivity index (χ1n) is 5.35. The van der Waals surface area contributed by atoms with Crippen LogP contribution >= 0.6 is 0 Å². The molecule has 0 saturated heterocycles. The van der Waals surface area contributed by atoms with Crippen molar-refractivity contribution in [3.8, 4) is 5.75 Å². The second-order valence-corrected chi connectivity index (χ2v) is 4.13. The summed E-state index contributed by atoms with van der Waals surface area (Å²) in [6.07, 6.45) is 0. The van der Waals surface area contributed by atoms with Gasteiger partial charge in [-0.3, -0.25) is 0 Å². The molecular weight excluding hydrogens is 218 g/mol. The van der Waals surface area contributed by atoms with Gasteiger partial charge in [0.15, 0.2) is 0 Å². The molecule has 0 amide bonds. The number of carboxylic acids is 1. The number of fused-ring (bicyclic) bond motifs is 1. The maximum absolute atomic E-state index is 11.4. The number of rotatable bonds is 2. The SMILES string of the molecule is COc1ccc(C)c2c1c(C(=O)O)c(C)n2C. The van der Waals surface area contributed by atoms with E-state index in [0.717, 1.165) is 16.8 Å². The van der Waals surface area contributed by atoms with Gasteiger partial charge in [-0.05, 0) is 25.5 Å². The van der Waals surface area contributed by atoms with Crippen LogP contribution < -0.4 is 4.74 Å². The normalized spacial score (nSPS) is 10.8. The molecule has 0 aliphatic rings. The molecule has 1 aromatic carbocycles. The minimum Gasteiger partial charge on any atom is -0.496 e. The lowest BCUT2D eigenvalue weighted by molar-refractivity contribution is 0.0698. The van der Waals surface area contributed by atoms with Crippen molar-refractivity contribution in [3.63, 3.8) is 0 Å². The Morgan fingerprint density at radius 3 is 2.53 bits per heavy atom. The number of aryl methyl sites for hydroxylation is 2. The second-order valence-electron chi connectivity index (χ2n) is 4.13. The van der Waals surface area contributed by atoms with Crippen LogP contribution in [0.4, 0.5) is 0 Å². The molecule has 0 aliphatic heterocycles. The Morgan fingerprint density at radius 2 is 2.00 bits per heavy atom. The predicted molar refractivity (Wildman–Crippen MR) is 65.9 cm³/mol. The lowest BCUT2D eigenvalue weighted by Crippen LogP contribution is -2.00. The highest BCUT2D eigenvalue weighted by molar-refractivity contribution is 6.08. The van der Waals surface area contributed by atoms with Crippen molar-refractivity contribution in [2.75, 3.05) is 7.11 Å². The Kier molecular flexibility index (Phi) is 2.58. The zero-order valence-corrected chi connectivity index (χ0v) is 10.4. The smallest absolute Gasteiger partial charge is 0.338 e. The zero-order chi connectivity index (χ0) is 12.7. The second kappa shape index (κ2) is 3.80. The van der Waals surface area contributed by atoms with Crippen LogP contribution in [0.2, 0.25) is 0 Å². The van der Waals surface area contributed by atoms with Gasteiger partial charge in [-0.15, -0.1) is 0 Å². The summed E-state index contributed by atoms with van der Waals surface area (Å²) in [7, 11) is 3.43. The van der Waals surface area contributed by atoms with Crippen molar-refractivity contribution in [2.24, 2.45) is 7.05 Å². The fourth-order valence-electron chi connectivity index (χ4n) is 2.30. The molecule has 1 aromatic heterocycles. The molecule has 4 nitrogen and oxygen atoms in total. The quantitative estimate of drug-likeness (QED) is 0.867. The average molecular weight is 233 g/mol. The highest BCUT2D eigenvalue weighted by Gasteiger charge is 2.21. The van der Waals surface area contributed by atoms with E-state index in [0.29, 0.717) is 16.7 Å². The minimum absolute atomic E-state index is 0.322. The van der Waals surface area contributed by atoms with Crippen molar-refractivity contribution in [2.45, 2.75) is 13.8 Å². The molecular formula is C13H15NO3. The molecule has 2 aromatic rings. The molecule has 0 bridgehead atoms. The first-order valence-corrected chi connectivity index (χ1v) is 5.35. The van der Waals surface area contributed by atoms with E-state index in [1.807, 2.05) is 37.6 Å². The standard InChI is InChI=1S/C13H15NO3/c1-7-5-6-9(17-4)11-10(13(15)16)8(2)14(3)12(7)11/h5-6H,1-4H3,(H,15,16). The number of benzene rings is 1. The molecule has 0 radical (unpaired) electrons. The molecule has 0 aliphatic carbocycles. The van der Waals surface area contributed by atoms with Crippen LogP contribution in [0.5, 0.6) is 5.75 Å². The number of hydrogen-bond acceptors (Lipinski definition) is 2. The molecule has 0 spiro atoms. The van der Waals surface area contributed by atoms with Gasteiger partial charge in [0.05, 0.1) is 23.6 Å². The molecule has 0 fully saturated rings. The van der Waals surface area contributed by atoms with Gasteiger partial charge in [-0.1, -0.05) is 6.07 Å². The van der Waals surface area contributed by atoms with E-state index in [-0.39, 0.29) is 0 Å². The minimum atomic E-state index is -0.919. The maximum Gasteiger partial charge on any atom is 0.338 e. The van der Waals surface area contributed by atoms with Crippen LogP contribution in [0.1, 0.15) is 21.6 Å². The largest absolute Gasteiger partial charge is 0.496 e. The molecule has 1 heterocycles.